The summed E-state index contributed by atoms with van der Waals surface area (Å²) in [5.74, 6) is 0.801. The van der Waals surface area contributed by atoms with E-state index in [1.807, 2.05) is 12.1 Å². The first-order valence-corrected chi connectivity index (χ1v) is 7.67. The van der Waals surface area contributed by atoms with Crippen LogP contribution in [0.15, 0.2) is 18.2 Å². The van der Waals surface area contributed by atoms with Gasteiger partial charge in [0.25, 0.3) is 0 Å². The quantitative estimate of drug-likeness (QED) is 0.779. The average Bonchev–Trinajstić information content (AvgIpc) is 2.58. The van der Waals surface area contributed by atoms with E-state index in [0.29, 0.717) is 12.1 Å². The molecule has 1 heterocycles. The van der Waals surface area contributed by atoms with Gasteiger partial charge in [-0.05, 0) is 68.3 Å². The molecule has 3 aliphatic rings. The number of benzene rings is 1. The Kier molecular flexibility index (Phi) is 1.89. The lowest BCUT2D eigenvalue weighted by Gasteiger charge is -2.58. The van der Waals surface area contributed by atoms with Crippen molar-refractivity contribution in [3.8, 4) is 5.75 Å². The van der Waals surface area contributed by atoms with Crippen LogP contribution in [0.25, 0.3) is 0 Å². The van der Waals surface area contributed by atoms with Crippen LogP contribution in [-0.4, -0.2) is 31.6 Å². The third-order valence-corrected chi connectivity index (χ3v) is 5.68. The minimum absolute atomic E-state index is 0.0463. The van der Waals surface area contributed by atoms with Gasteiger partial charge in [0.05, 0.1) is 7.11 Å². The molecule has 4 rings (SSSR count). The number of hydrogen-bond acceptors (Lipinski definition) is 2. The van der Waals surface area contributed by atoms with Crippen molar-refractivity contribution in [2.45, 2.75) is 49.9 Å². The number of fused-ring (bicyclic) bond motifs is 1. The highest BCUT2D eigenvalue weighted by Gasteiger charge is 2.53. The predicted octanol–water partition coefficient (Wildman–Crippen LogP) is 3.38. The molecule has 0 spiro atoms. The Hall–Kier alpha value is -1.02. The number of likely N-dealkylation sites (N-methyl/N-ethyl adjacent to an activating group) is 1. The molecule has 2 bridgehead atoms. The van der Waals surface area contributed by atoms with Gasteiger partial charge in [-0.25, -0.2) is 0 Å². The maximum absolute atomic E-state index is 8.88. The van der Waals surface area contributed by atoms with E-state index < -0.39 is 19.4 Å². The zero-order valence-electron chi connectivity index (χ0n) is 17.0. The van der Waals surface area contributed by atoms with Gasteiger partial charge in [-0.3, -0.25) is 0 Å². The minimum atomic E-state index is -2.26. The molecule has 20 heavy (non-hydrogen) atoms. The van der Waals surface area contributed by atoms with E-state index in [0.717, 1.165) is 43.4 Å². The monoisotopic (exact) mass is 276 g/mol. The first-order chi connectivity index (χ1) is 11.7. The molecule has 0 radical (unpaired) electrons. The number of ether oxygens (including phenoxy) is 1. The van der Waals surface area contributed by atoms with Gasteiger partial charge in [-0.15, -0.1) is 0 Å². The second kappa shape index (κ2) is 4.49. The minimum Gasteiger partial charge on any atom is -0.497 e. The molecule has 2 nitrogen and oxygen atoms in total. The van der Waals surface area contributed by atoms with Gasteiger partial charge in [0, 0.05) is 18.3 Å². The Morgan fingerprint density at radius 1 is 1.40 bits per heavy atom. The van der Waals surface area contributed by atoms with E-state index in [9.17, 15) is 0 Å². The fraction of sp³-hybridized carbons (Fsp3) is 0.667. The number of likely N-dealkylation sites (tertiary alicyclic amines) is 1. The lowest BCUT2D eigenvalue weighted by atomic mass is 9.52. The van der Waals surface area contributed by atoms with E-state index in [1.165, 1.54) is 4.90 Å². The van der Waals surface area contributed by atoms with Crippen LogP contribution in [0.4, 0.5) is 0 Å². The lowest BCUT2D eigenvalue weighted by molar-refractivity contribution is 0.00274. The molecule has 1 aromatic rings. The van der Waals surface area contributed by atoms with Gasteiger partial charge in [-0.2, -0.15) is 0 Å². The summed E-state index contributed by atoms with van der Waals surface area (Å²) in [6.45, 7) is -1.83. The number of hydrogen-bond donors (Lipinski definition) is 0. The summed E-state index contributed by atoms with van der Waals surface area (Å²) in [7, 11) is 1.63. The van der Waals surface area contributed by atoms with Crippen molar-refractivity contribution < 1.29 is 11.6 Å². The SMILES string of the molecule is [2H]C1([2H])c2ccc(OC)cc2[C@]23CCCCC2[C@H]1N(C([2H])([2H])[2H])CC3. The van der Waals surface area contributed by atoms with E-state index in [1.54, 1.807) is 13.2 Å². The molecule has 1 saturated heterocycles. The molecule has 3 atom stereocenters. The lowest BCUT2D eigenvalue weighted by Crippen LogP contribution is -2.59. The zero-order valence-corrected chi connectivity index (χ0v) is 12.0. The summed E-state index contributed by atoms with van der Waals surface area (Å²) in [6, 6.07) is 5.03. The van der Waals surface area contributed by atoms with Crippen LogP contribution in [0, 0.1) is 5.92 Å². The van der Waals surface area contributed by atoms with Gasteiger partial charge in [-0.1, -0.05) is 18.9 Å². The molecule has 2 fully saturated rings. The smallest absolute Gasteiger partial charge is 0.119 e. The van der Waals surface area contributed by atoms with E-state index in [2.05, 4.69) is 0 Å². The highest BCUT2D eigenvalue weighted by atomic mass is 16.5. The molecule has 1 aromatic carbocycles. The summed E-state index contributed by atoms with van der Waals surface area (Å²) >= 11 is 0. The third-order valence-electron chi connectivity index (χ3n) is 5.68. The normalized spacial score (nSPS) is 43.0. The van der Waals surface area contributed by atoms with Crippen LogP contribution in [0.3, 0.4) is 0 Å². The van der Waals surface area contributed by atoms with Crippen LogP contribution in [0.1, 0.15) is 50.1 Å². The Morgan fingerprint density at radius 2 is 2.35 bits per heavy atom. The number of piperidine rings is 1. The van der Waals surface area contributed by atoms with Crippen LogP contribution in [0.5, 0.6) is 5.75 Å². The molecule has 108 valence electrons. The molecule has 1 unspecified atom stereocenters. The summed E-state index contributed by atoms with van der Waals surface area (Å²) in [6.07, 6.45) is 3.18. The van der Waals surface area contributed by atoms with Crippen molar-refractivity contribution in [1.29, 1.82) is 0 Å². The maximum Gasteiger partial charge on any atom is 0.119 e. The molecule has 0 aromatic heterocycles. The molecule has 1 saturated carbocycles. The Morgan fingerprint density at radius 3 is 3.20 bits per heavy atom. The highest BCUT2D eigenvalue weighted by Crippen LogP contribution is 2.55. The van der Waals surface area contributed by atoms with E-state index in [-0.39, 0.29) is 11.3 Å². The largest absolute Gasteiger partial charge is 0.497 e. The predicted molar refractivity (Wildman–Crippen MR) is 81.4 cm³/mol. The van der Waals surface area contributed by atoms with Gasteiger partial charge in [0.15, 0.2) is 0 Å². The van der Waals surface area contributed by atoms with Crippen molar-refractivity contribution in [2.75, 3.05) is 20.6 Å². The Labute approximate surface area is 129 Å². The average molecular weight is 276 g/mol. The van der Waals surface area contributed by atoms with Crippen LogP contribution >= 0.6 is 0 Å². The molecule has 2 aliphatic carbocycles. The van der Waals surface area contributed by atoms with Crippen LogP contribution < -0.4 is 4.74 Å². The third kappa shape index (κ3) is 1.60. The topological polar surface area (TPSA) is 12.5 Å². The fourth-order valence-electron chi connectivity index (χ4n) is 4.71. The standard InChI is InChI=1S/C18H25NO/c1-19-10-9-18-8-4-3-5-15(18)17(19)11-13-6-7-14(20-2)12-16(13)18/h6-7,12,15,17H,3-5,8-11H2,1-2H3/t15?,17-,18-/m0/s1/i1D3,11D2. The Balaban J connectivity index is 1.95. The number of methoxy groups -OCH3 is 1. The maximum atomic E-state index is 8.88. The second-order valence-electron chi connectivity index (χ2n) is 6.45. The summed E-state index contributed by atoms with van der Waals surface area (Å²) in [4.78, 5) is 1.47. The first-order valence-electron chi connectivity index (χ1n) is 10.2. The summed E-state index contributed by atoms with van der Waals surface area (Å²) in [5, 5.41) is 0. The number of rotatable bonds is 1. The first kappa shape index (κ1) is 8.43. The van der Waals surface area contributed by atoms with Gasteiger partial charge in [0.2, 0.25) is 0 Å². The number of nitrogens with zero attached hydrogens (tertiary/aromatic N) is 1. The Bertz CT molecular complexity index is 689. The van der Waals surface area contributed by atoms with Gasteiger partial charge < -0.3 is 9.64 Å². The summed E-state index contributed by atoms with van der Waals surface area (Å²) < 4.78 is 47.0. The molecule has 2 heteroatoms. The van der Waals surface area contributed by atoms with Crippen LogP contribution in [-0.2, 0) is 11.8 Å². The van der Waals surface area contributed by atoms with Gasteiger partial charge >= 0.3 is 0 Å². The molecule has 1 aliphatic heterocycles. The van der Waals surface area contributed by atoms with Crippen molar-refractivity contribution >= 4 is 0 Å². The zero-order chi connectivity index (χ0) is 18.0. The summed E-state index contributed by atoms with van der Waals surface area (Å²) in [5.41, 5.74) is 1.61. The van der Waals surface area contributed by atoms with E-state index in [4.69, 9.17) is 11.6 Å². The van der Waals surface area contributed by atoms with E-state index >= 15 is 0 Å². The van der Waals surface area contributed by atoms with Crippen molar-refractivity contribution in [3.63, 3.8) is 0 Å². The second-order valence-corrected chi connectivity index (χ2v) is 6.45. The molecule has 0 N–H and O–H groups in total. The van der Waals surface area contributed by atoms with Crippen molar-refractivity contribution in [3.05, 3.63) is 29.3 Å². The molecule has 0 amide bonds. The van der Waals surface area contributed by atoms with Gasteiger partial charge in [0.1, 0.15) is 5.75 Å². The molecular formula is C18H25NO. The van der Waals surface area contributed by atoms with Crippen molar-refractivity contribution in [1.82, 2.24) is 4.90 Å². The molecular weight excluding hydrogens is 246 g/mol. The van der Waals surface area contributed by atoms with Crippen LogP contribution in [0.2, 0.25) is 0 Å². The van der Waals surface area contributed by atoms with Crippen molar-refractivity contribution in [2.24, 2.45) is 5.92 Å². The highest BCUT2D eigenvalue weighted by molar-refractivity contribution is 5.45. The fourth-order valence-corrected chi connectivity index (χ4v) is 4.71.